The fraction of sp³-hybridized carbons (Fsp3) is 0.120. The largest absolute Gasteiger partial charge is 0.313 e. The molecule has 0 bridgehead atoms. The highest BCUT2D eigenvalue weighted by Gasteiger charge is 2.28. The minimum Gasteiger partial charge on any atom is -0.313 e. The highest BCUT2D eigenvalue weighted by atomic mass is 32.1. The van der Waals surface area contributed by atoms with Crippen LogP contribution in [0.15, 0.2) is 85.1 Å². The molecule has 3 N–H and O–H groups in total. The van der Waals surface area contributed by atoms with Crippen molar-refractivity contribution in [2.75, 3.05) is 10.6 Å². The summed E-state index contributed by atoms with van der Waals surface area (Å²) in [6, 6.07) is 25.5. The van der Waals surface area contributed by atoms with E-state index in [1.165, 1.54) is 10.4 Å². The predicted octanol–water partition coefficient (Wildman–Crippen LogP) is 5.63. The molecule has 0 saturated heterocycles. The smallest absolute Gasteiger partial charge is 0.272 e. The van der Waals surface area contributed by atoms with E-state index in [0.29, 0.717) is 5.56 Å². The summed E-state index contributed by atoms with van der Waals surface area (Å²) >= 11 is 1.62. The number of anilines is 2. The molecule has 4 nitrogen and oxygen atoms in total. The highest BCUT2D eigenvalue weighted by Crippen LogP contribution is 2.40. The van der Waals surface area contributed by atoms with Gasteiger partial charge in [0.15, 0.2) is 0 Å². The maximum absolute atomic E-state index is 12.9. The molecule has 2 heterocycles. The van der Waals surface area contributed by atoms with Crippen LogP contribution in [0.4, 0.5) is 10.8 Å². The number of rotatable bonds is 6. The van der Waals surface area contributed by atoms with E-state index in [1.54, 1.807) is 11.3 Å². The molecule has 0 spiro atoms. The Labute approximate surface area is 180 Å². The van der Waals surface area contributed by atoms with E-state index in [9.17, 15) is 4.79 Å². The molecule has 2 aromatic heterocycles. The summed E-state index contributed by atoms with van der Waals surface area (Å²) in [6.07, 6.45) is 1.90. The van der Waals surface area contributed by atoms with Crippen molar-refractivity contribution in [3.05, 3.63) is 112 Å². The summed E-state index contributed by atoms with van der Waals surface area (Å²) in [6.45, 7) is 4.21. The van der Waals surface area contributed by atoms with Gasteiger partial charge < -0.3 is 5.32 Å². The minimum atomic E-state index is -0.110. The quantitative estimate of drug-likeness (QED) is 0.429. The Morgan fingerprint density at radius 2 is 1.57 bits per heavy atom. The number of benzene rings is 2. The summed E-state index contributed by atoms with van der Waals surface area (Å²) in [4.78, 5) is 17.3. The lowest BCUT2D eigenvalue weighted by atomic mass is 9.96. The van der Waals surface area contributed by atoms with Crippen LogP contribution in [-0.4, -0.2) is 5.91 Å². The SMILES string of the molecule is Cc1sc(NC(=O)c2ccccc2)c([C@@H](Nc2cccc[nH+]2)c2ccccc2)c1C. The monoisotopic (exact) mass is 414 g/mol. The van der Waals surface area contributed by atoms with Crippen LogP contribution in [0.1, 0.15) is 38.0 Å². The van der Waals surface area contributed by atoms with E-state index in [1.807, 2.05) is 72.9 Å². The van der Waals surface area contributed by atoms with Crippen molar-refractivity contribution < 1.29 is 9.78 Å². The third kappa shape index (κ3) is 4.26. The number of carbonyl (C=O) groups is 1. The van der Waals surface area contributed by atoms with Crippen LogP contribution in [0, 0.1) is 13.8 Å². The van der Waals surface area contributed by atoms with Crippen molar-refractivity contribution in [1.29, 1.82) is 0 Å². The molecular formula is C25H24N3OS+. The molecular weight excluding hydrogens is 390 g/mol. The summed E-state index contributed by atoms with van der Waals surface area (Å²) in [7, 11) is 0. The fourth-order valence-corrected chi connectivity index (χ4v) is 4.55. The Morgan fingerprint density at radius 3 is 2.23 bits per heavy atom. The first-order valence-electron chi connectivity index (χ1n) is 9.88. The zero-order valence-corrected chi connectivity index (χ0v) is 17.8. The molecule has 1 atom stereocenters. The van der Waals surface area contributed by atoms with Crippen LogP contribution in [0.5, 0.6) is 0 Å². The summed E-state index contributed by atoms with van der Waals surface area (Å²) in [5, 5.41) is 7.64. The number of thiophene rings is 1. The topological polar surface area (TPSA) is 55.3 Å². The molecule has 150 valence electrons. The van der Waals surface area contributed by atoms with Gasteiger partial charge in [0.25, 0.3) is 11.7 Å². The Bertz CT molecular complexity index is 1130. The number of aromatic nitrogens is 1. The van der Waals surface area contributed by atoms with Crippen molar-refractivity contribution in [2.45, 2.75) is 19.9 Å². The molecule has 30 heavy (non-hydrogen) atoms. The molecule has 5 heteroatoms. The molecule has 0 radical (unpaired) electrons. The van der Waals surface area contributed by atoms with E-state index < -0.39 is 0 Å². The molecule has 4 rings (SSSR count). The van der Waals surface area contributed by atoms with Gasteiger partial charge in [0.1, 0.15) is 11.0 Å². The van der Waals surface area contributed by atoms with E-state index in [-0.39, 0.29) is 11.9 Å². The Balaban J connectivity index is 1.76. The number of amides is 1. The van der Waals surface area contributed by atoms with Gasteiger partial charge in [-0.25, -0.2) is 4.98 Å². The molecule has 0 aliphatic carbocycles. The second-order valence-electron chi connectivity index (χ2n) is 7.11. The van der Waals surface area contributed by atoms with Gasteiger partial charge in [0.2, 0.25) is 0 Å². The summed E-state index contributed by atoms with van der Waals surface area (Å²) < 4.78 is 0. The molecule has 0 aliphatic heterocycles. The predicted molar refractivity (Wildman–Crippen MR) is 123 cm³/mol. The highest BCUT2D eigenvalue weighted by molar-refractivity contribution is 7.16. The molecule has 0 unspecified atom stereocenters. The van der Waals surface area contributed by atoms with Crippen LogP contribution >= 0.6 is 11.3 Å². The van der Waals surface area contributed by atoms with Crippen molar-refractivity contribution in [3.8, 4) is 0 Å². The number of nitrogens with one attached hydrogen (secondary N) is 3. The Kier molecular flexibility index (Phi) is 5.91. The average molecular weight is 415 g/mol. The standard InChI is InChI=1S/C25H23N3OS/c1-17-18(2)30-25(28-24(29)20-13-7-4-8-14-20)22(17)23(19-11-5-3-6-12-19)27-21-15-9-10-16-26-21/h3-16,23H,1-2H3,(H,26,27)(H,28,29)/p+1/t23-/m0/s1. The second kappa shape index (κ2) is 8.93. The molecule has 0 saturated carbocycles. The number of aryl methyl sites for hydroxylation is 1. The van der Waals surface area contributed by atoms with Crippen molar-refractivity contribution in [3.63, 3.8) is 0 Å². The summed E-state index contributed by atoms with van der Waals surface area (Å²) in [5.74, 6) is 0.811. The van der Waals surface area contributed by atoms with Gasteiger partial charge in [-0.15, -0.1) is 11.3 Å². The number of hydrogen-bond acceptors (Lipinski definition) is 3. The van der Waals surface area contributed by atoms with Crippen LogP contribution in [-0.2, 0) is 0 Å². The zero-order valence-electron chi connectivity index (χ0n) is 17.0. The number of carbonyl (C=O) groups excluding carboxylic acids is 1. The second-order valence-corrected chi connectivity index (χ2v) is 8.34. The van der Waals surface area contributed by atoms with Gasteiger partial charge in [-0.1, -0.05) is 54.6 Å². The van der Waals surface area contributed by atoms with Crippen LogP contribution in [0.25, 0.3) is 0 Å². The number of H-pyrrole nitrogens is 1. The van der Waals surface area contributed by atoms with Gasteiger partial charge in [-0.2, -0.15) is 0 Å². The normalized spacial score (nSPS) is 11.7. The lowest BCUT2D eigenvalue weighted by Crippen LogP contribution is -2.21. The first kappa shape index (κ1) is 19.9. The van der Waals surface area contributed by atoms with E-state index in [0.717, 1.165) is 21.9 Å². The van der Waals surface area contributed by atoms with Gasteiger partial charge in [-0.3, -0.25) is 10.1 Å². The molecule has 4 aromatic rings. The maximum atomic E-state index is 12.9. The number of pyridine rings is 1. The number of aromatic amines is 1. The number of hydrogen-bond donors (Lipinski definition) is 2. The minimum absolute atomic E-state index is 0.101. The molecule has 1 amide bonds. The Morgan fingerprint density at radius 1 is 0.900 bits per heavy atom. The van der Waals surface area contributed by atoms with Gasteiger partial charge in [-0.05, 0) is 37.6 Å². The van der Waals surface area contributed by atoms with E-state index >= 15 is 0 Å². The van der Waals surface area contributed by atoms with Gasteiger partial charge >= 0.3 is 0 Å². The zero-order chi connectivity index (χ0) is 20.9. The Hall–Kier alpha value is -3.44. The van der Waals surface area contributed by atoms with E-state index in [4.69, 9.17) is 0 Å². The van der Waals surface area contributed by atoms with Crippen LogP contribution in [0.3, 0.4) is 0 Å². The third-order valence-corrected chi connectivity index (χ3v) is 6.26. The van der Waals surface area contributed by atoms with Crippen molar-refractivity contribution in [2.24, 2.45) is 0 Å². The lowest BCUT2D eigenvalue weighted by molar-refractivity contribution is -0.361. The first-order valence-corrected chi connectivity index (χ1v) is 10.7. The van der Waals surface area contributed by atoms with Crippen molar-refractivity contribution in [1.82, 2.24) is 0 Å². The third-order valence-electron chi connectivity index (χ3n) is 5.13. The average Bonchev–Trinajstić information content (AvgIpc) is 3.07. The van der Waals surface area contributed by atoms with Gasteiger partial charge in [0.05, 0.1) is 6.20 Å². The fourth-order valence-electron chi connectivity index (χ4n) is 3.46. The van der Waals surface area contributed by atoms with Crippen LogP contribution in [0.2, 0.25) is 0 Å². The molecule has 0 fully saturated rings. The van der Waals surface area contributed by atoms with E-state index in [2.05, 4.69) is 41.6 Å². The lowest BCUT2D eigenvalue weighted by Gasteiger charge is -2.18. The van der Waals surface area contributed by atoms with Gasteiger partial charge in [0, 0.05) is 27.6 Å². The molecule has 2 aromatic carbocycles. The maximum Gasteiger partial charge on any atom is 0.272 e. The van der Waals surface area contributed by atoms with Crippen molar-refractivity contribution >= 4 is 28.1 Å². The first-order chi connectivity index (χ1) is 14.6. The molecule has 0 aliphatic rings. The summed E-state index contributed by atoms with van der Waals surface area (Å²) in [5.41, 5.74) is 4.05. The van der Waals surface area contributed by atoms with Crippen LogP contribution < -0.4 is 15.6 Å².